The number of hydrogen-bond acceptors (Lipinski definition) is 2. The van der Waals surface area contributed by atoms with Crippen LogP contribution in [0.2, 0.25) is 0 Å². The predicted molar refractivity (Wildman–Crippen MR) is 175 cm³/mol. The molecule has 0 aliphatic rings. The van der Waals surface area contributed by atoms with Gasteiger partial charge < -0.3 is 0 Å². The summed E-state index contributed by atoms with van der Waals surface area (Å²) < 4.78 is 0. The van der Waals surface area contributed by atoms with Crippen LogP contribution in [0.3, 0.4) is 0 Å². The number of benzene rings is 5. The lowest BCUT2D eigenvalue weighted by atomic mass is 9.95. The fourth-order valence-corrected chi connectivity index (χ4v) is 5.38. The quantitative estimate of drug-likeness (QED) is 0.211. The molecule has 0 saturated carbocycles. The van der Waals surface area contributed by atoms with E-state index >= 15 is 0 Å². The summed E-state index contributed by atoms with van der Waals surface area (Å²) in [5.41, 5.74) is 12.6. The van der Waals surface area contributed by atoms with Gasteiger partial charge in [-0.1, -0.05) is 146 Å². The third-order valence-corrected chi connectivity index (χ3v) is 7.48. The van der Waals surface area contributed by atoms with E-state index in [0.29, 0.717) is 0 Å². The lowest BCUT2D eigenvalue weighted by molar-refractivity contribution is 1.30. The number of pyridine rings is 2. The summed E-state index contributed by atoms with van der Waals surface area (Å²) in [6.45, 7) is 0. The lowest BCUT2D eigenvalue weighted by Crippen LogP contribution is -1.96. The summed E-state index contributed by atoms with van der Waals surface area (Å²) in [7, 11) is 0. The second-order valence-corrected chi connectivity index (χ2v) is 10.3. The van der Waals surface area contributed by atoms with Crippen molar-refractivity contribution in [3.8, 4) is 67.3 Å². The van der Waals surface area contributed by atoms with E-state index in [0.717, 1.165) is 67.3 Å². The standard InChI is InChI=1S/C40H28N2/c1-5-15-29(16-6-1)33-25-37(31-19-9-3-10-20-31)41-39(27-33)35-23-13-14-24-36(35)40-28-34(30-17-7-2-8-18-30)26-38(42-40)32-21-11-4-12-22-32/h1-28H. The highest BCUT2D eigenvalue weighted by Crippen LogP contribution is 2.37. The number of nitrogens with zero attached hydrogens (tertiary/aromatic N) is 2. The van der Waals surface area contributed by atoms with Crippen LogP contribution in [0.4, 0.5) is 0 Å². The molecule has 42 heavy (non-hydrogen) atoms. The molecule has 0 amide bonds. The average Bonchev–Trinajstić information content (AvgIpc) is 3.09. The minimum absolute atomic E-state index is 0.916. The van der Waals surface area contributed by atoms with Crippen molar-refractivity contribution < 1.29 is 0 Å². The predicted octanol–water partition coefficient (Wildman–Crippen LogP) is 10.5. The molecule has 0 unspecified atom stereocenters. The third kappa shape index (κ3) is 5.26. The molecule has 2 nitrogen and oxygen atoms in total. The van der Waals surface area contributed by atoms with E-state index in [-0.39, 0.29) is 0 Å². The average molecular weight is 537 g/mol. The number of aromatic nitrogens is 2. The summed E-state index contributed by atoms with van der Waals surface area (Å²) in [6, 6.07) is 59.0. The van der Waals surface area contributed by atoms with Gasteiger partial charge in [-0.25, -0.2) is 9.97 Å². The van der Waals surface area contributed by atoms with Crippen LogP contribution in [-0.2, 0) is 0 Å². The summed E-state index contributed by atoms with van der Waals surface area (Å²) in [4.78, 5) is 10.4. The maximum absolute atomic E-state index is 5.22. The third-order valence-electron chi connectivity index (χ3n) is 7.48. The number of rotatable bonds is 6. The molecule has 5 aromatic carbocycles. The van der Waals surface area contributed by atoms with Crippen LogP contribution in [-0.4, -0.2) is 9.97 Å². The SMILES string of the molecule is c1ccc(-c2cc(-c3ccccc3)nc(-c3ccccc3-c3cc(-c4ccccc4)cc(-c4ccccc4)n3)c2)cc1. The second kappa shape index (κ2) is 11.5. The lowest BCUT2D eigenvalue weighted by Gasteiger charge is -2.15. The van der Waals surface area contributed by atoms with Crippen molar-refractivity contribution in [1.82, 2.24) is 9.97 Å². The monoisotopic (exact) mass is 536 g/mol. The summed E-state index contributed by atoms with van der Waals surface area (Å²) in [5, 5.41) is 0. The van der Waals surface area contributed by atoms with Crippen LogP contribution >= 0.6 is 0 Å². The highest BCUT2D eigenvalue weighted by Gasteiger charge is 2.16. The zero-order valence-corrected chi connectivity index (χ0v) is 23.1. The molecule has 0 atom stereocenters. The molecule has 0 bridgehead atoms. The van der Waals surface area contributed by atoms with E-state index in [9.17, 15) is 0 Å². The van der Waals surface area contributed by atoms with Crippen LogP contribution in [0.25, 0.3) is 67.3 Å². The van der Waals surface area contributed by atoms with Crippen molar-refractivity contribution >= 4 is 0 Å². The van der Waals surface area contributed by atoms with Crippen molar-refractivity contribution in [3.05, 3.63) is 170 Å². The van der Waals surface area contributed by atoms with Gasteiger partial charge in [-0.3, -0.25) is 0 Å². The molecule has 2 heterocycles. The first-order valence-corrected chi connectivity index (χ1v) is 14.2. The molecule has 2 aromatic heterocycles. The smallest absolute Gasteiger partial charge is 0.0722 e. The highest BCUT2D eigenvalue weighted by molar-refractivity contribution is 5.86. The molecule has 0 radical (unpaired) electrons. The van der Waals surface area contributed by atoms with E-state index in [1.54, 1.807) is 0 Å². The Morgan fingerprint density at radius 2 is 0.524 bits per heavy atom. The first-order chi connectivity index (χ1) is 20.8. The Morgan fingerprint density at radius 1 is 0.238 bits per heavy atom. The minimum atomic E-state index is 0.916. The van der Waals surface area contributed by atoms with Gasteiger partial charge in [0.05, 0.1) is 22.8 Å². The van der Waals surface area contributed by atoms with Crippen molar-refractivity contribution in [1.29, 1.82) is 0 Å². The number of hydrogen-bond donors (Lipinski definition) is 0. The molecule has 7 aromatic rings. The van der Waals surface area contributed by atoms with Gasteiger partial charge in [0.1, 0.15) is 0 Å². The Bertz CT molecular complexity index is 1690. The van der Waals surface area contributed by atoms with Crippen molar-refractivity contribution in [2.24, 2.45) is 0 Å². The van der Waals surface area contributed by atoms with E-state index in [1.165, 1.54) is 0 Å². The molecule has 0 fully saturated rings. The van der Waals surface area contributed by atoms with Crippen LogP contribution in [0.5, 0.6) is 0 Å². The van der Waals surface area contributed by atoms with Crippen LogP contribution in [0.15, 0.2) is 170 Å². The topological polar surface area (TPSA) is 25.8 Å². The molecular weight excluding hydrogens is 508 g/mol. The molecule has 7 rings (SSSR count). The molecule has 0 spiro atoms. The van der Waals surface area contributed by atoms with Gasteiger partial charge in [-0.2, -0.15) is 0 Å². The van der Waals surface area contributed by atoms with Crippen LogP contribution in [0.1, 0.15) is 0 Å². The minimum Gasteiger partial charge on any atom is -0.248 e. The highest BCUT2D eigenvalue weighted by atomic mass is 14.7. The Kier molecular flexibility index (Phi) is 6.94. The van der Waals surface area contributed by atoms with Gasteiger partial charge in [-0.05, 0) is 46.5 Å². The Labute approximate surface area is 246 Å². The van der Waals surface area contributed by atoms with E-state index in [1.807, 2.05) is 12.1 Å². The molecular formula is C40H28N2. The van der Waals surface area contributed by atoms with Crippen molar-refractivity contribution in [2.45, 2.75) is 0 Å². The zero-order valence-electron chi connectivity index (χ0n) is 23.1. The molecule has 0 N–H and O–H groups in total. The fourth-order valence-electron chi connectivity index (χ4n) is 5.38. The van der Waals surface area contributed by atoms with E-state index in [2.05, 4.69) is 158 Å². The normalized spacial score (nSPS) is 10.9. The van der Waals surface area contributed by atoms with Gasteiger partial charge in [0, 0.05) is 22.3 Å². The van der Waals surface area contributed by atoms with Gasteiger partial charge in [0.2, 0.25) is 0 Å². The second-order valence-electron chi connectivity index (χ2n) is 10.3. The van der Waals surface area contributed by atoms with Gasteiger partial charge >= 0.3 is 0 Å². The maximum atomic E-state index is 5.22. The van der Waals surface area contributed by atoms with Crippen LogP contribution in [0, 0.1) is 0 Å². The Hall–Kier alpha value is -5.60. The maximum Gasteiger partial charge on any atom is 0.0722 e. The molecule has 0 saturated heterocycles. The zero-order chi connectivity index (χ0) is 28.1. The van der Waals surface area contributed by atoms with Gasteiger partial charge in [-0.15, -0.1) is 0 Å². The molecule has 198 valence electrons. The summed E-state index contributed by atoms with van der Waals surface area (Å²) in [5.74, 6) is 0. The Balaban J connectivity index is 1.44. The fraction of sp³-hybridized carbons (Fsp3) is 0. The molecule has 0 aliphatic heterocycles. The molecule has 2 heteroatoms. The van der Waals surface area contributed by atoms with E-state index < -0.39 is 0 Å². The first kappa shape index (κ1) is 25.4. The molecule has 0 aliphatic carbocycles. The van der Waals surface area contributed by atoms with Crippen LogP contribution < -0.4 is 0 Å². The van der Waals surface area contributed by atoms with Gasteiger partial charge in [0.25, 0.3) is 0 Å². The Morgan fingerprint density at radius 3 is 0.881 bits per heavy atom. The summed E-state index contributed by atoms with van der Waals surface area (Å²) >= 11 is 0. The van der Waals surface area contributed by atoms with Gasteiger partial charge in [0.15, 0.2) is 0 Å². The largest absolute Gasteiger partial charge is 0.248 e. The van der Waals surface area contributed by atoms with E-state index in [4.69, 9.17) is 9.97 Å². The first-order valence-electron chi connectivity index (χ1n) is 14.2. The summed E-state index contributed by atoms with van der Waals surface area (Å²) in [6.07, 6.45) is 0. The van der Waals surface area contributed by atoms with Crippen molar-refractivity contribution in [2.75, 3.05) is 0 Å². The van der Waals surface area contributed by atoms with Crippen molar-refractivity contribution in [3.63, 3.8) is 0 Å².